The molecule has 0 saturated carbocycles. The van der Waals surface area contributed by atoms with Crippen LogP contribution < -0.4 is 5.32 Å². The first-order chi connectivity index (χ1) is 18.6. The average molecular weight is 572 g/mol. The van der Waals surface area contributed by atoms with Crippen molar-refractivity contribution in [1.82, 2.24) is 19.7 Å². The average Bonchev–Trinajstić information content (AvgIpc) is 3.60. The minimum absolute atomic E-state index is 0.0274. The topological polar surface area (TPSA) is 123 Å². The second-order valence-electron chi connectivity index (χ2n) is 9.58. The predicted octanol–water partition coefficient (Wildman–Crippen LogP) is 4.22. The predicted molar refractivity (Wildman–Crippen MR) is 148 cm³/mol. The molecule has 2 aromatic rings. The van der Waals surface area contributed by atoms with Gasteiger partial charge in [-0.2, -0.15) is 0 Å². The molecule has 1 spiro atoms. The van der Waals surface area contributed by atoms with E-state index < -0.39 is 17.4 Å². The third-order valence-corrected chi connectivity index (χ3v) is 8.03. The van der Waals surface area contributed by atoms with Gasteiger partial charge in [0.1, 0.15) is 4.34 Å². The molecular weight excluding hydrogens is 542 g/mol. The van der Waals surface area contributed by atoms with E-state index >= 15 is 0 Å². The first-order valence-corrected chi connectivity index (χ1v) is 13.7. The number of carbonyl (C=O) groups excluding carboxylic acids is 3. The number of carboxylic acids is 1. The summed E-state index contributed by atoms with van der Waals surface area (Å²) in [5.41, 5.74) is 1.44. The van der Waals surface area contributed by atoms with Crippen molar-refractivity contribution in [3.8, 4) is 0 Å². The third-order valence-electron chi connectivity index (χ3n) is 7.00. The number of hydrogen-bond donors (Lipinski definition) is 2. The van der Waals surface area contributed by atoms with Crippen LogP contribution in [0.4, 0.5) is 9.93 Å². The van der Waals surface area contributed by atoms with Gasteiger partial charge in [-0.15, -0.1) is 0 Å². The Morgan fingerprint density at radius 2 is 1.97 bits per heavy atom. The quantitative estimate of drug-likeness (QED) is 0.480. The Labute approximate surface area is 235 Å². The maximum absolute atomic E-state index is 13.7. The number of anilines is 1. The Balaban J connectivity index is 1.68. The normalized spacial score (nSPS) is 20.7. The van der Waals surface area contributed by atoms with Crippen LogP contribution in [-0.4, -0.2) is 74.8 Å². The van der Waals surface area contributed by atoms with Gasteiger partial charge in [0.2, 0.25) is 11.8 Å². The van der Waals surface area contributed by atoms with Crippen molar-refractivity contribution in [3.63, 3.8) is 0 Å². The Kier molecular flexibility index (Phi) is 8.71. The van der Waals surface area contributed by atoms with E-state index in [0.717, 1.165) is 16.9 Å². The maximum atomic E-state index is 13.7. The number of allylic oxidation sites excluding steroid dienone is 2. The van der Waals surface area contributed by atoms with Crippen molar-refractivity contribution in [2.75, 3.05) is 31.5 Å². The minimum atomic E-state index is -1.00. The number of nitrogens with one attached hydrogen (secondary N) is 1. The molecule has 1 atom stereocenters. The van der Waals surface area contributed by atoms with E-state index in [1.807, 2.05) is 30.3 Å². The molecule has 39 heavy (non-hydrogen) atoms. The van der Waals surface area contributed by atoms with Crippen molar-refractivity contribution in [3.05, 3.63) is 69.9 Å². The highest BCUT2D eigenvalue weighted by molar-refractivity contribution is 7.19. The molecular formula is C27H30ClN5O5S. The lowest BCUT2D eigenvalue weighted by Gasteiger charge is -2.26. The fourth-order valence-electron chi connectivity index (χ4n) is 5.09. The van der Waals surface area contributed by atoms with Crippen molar-refractivity contribution >= 4 is 51.9 Å². The van der Waals surface area contributed by atoms with E-state index in [4.69, 9.17) is 11.6 Å². The van der Waals surface area contributed by atoms with Gasteiger partial charge in [-0.1, -0.05) is 59.3 Å². The first kappa shape index (κ1) is 28.3. The number of aliphatic carboxylic acids is 1. The Bertz CT molecular complexity index is 1330. The highest BCUT2D eigenvalue weighted by Crippen LogP contribution is 2.49. The number of urea groups is 1. The van der Waals surface area contributed by atoms with Crippen LogP contribution in [0.1, 0.15) is 32.3 Å². The summed E-state index contributed by atoms with van der Waals surface area (Å²) >= 11 is 7.11. The molecule has 2 saturated heterocycles. The molecule has 2 aliphatic heterocycles. The largest absolute Gasteiger partial charge is 0.481 e. The van der Waals surface area contributed by atoms with Gasteiger partial charge in [0.25, 0.3) is 0 Å². The zero-order chi connectivity index (χ0) is 28.2. The van der Waals surface area contributed by atoms with E-state index in [2.05, 4.69) is 10.3 Å². The highest BCUT2D eigenvalue weighted by atomic mass is 35.5. The smallest absolute Gasteiger partial charge is 0.328 e. The lowest BCUT2D eigenvalue weighted by molar-refractivity contribution is -0.138. The fraction of sp³-hybridized carbons (Fsp3) is 0.370. The lowest BCUT2D eigenvalue weighted by atomic mass is 9.80. The van der Waals surface area contributed by atoms with E-state index in [1.165, 1.54) is 24.1 Å². The Hall–Kier alpha value is -3.70. The molecule has 2 aliphatic rings. The number of halogens is 1. The highest BCUT2D eigenvalue weighted by Gasteiger charge is 2.51. The van der Waals surface area contributed by atoms with Crippen LogP contribution in [0, 0.1) is 5.41 Å². The molecule has 1 unspecified atom stereocenters. The summed E-state index contributed by atoms with van der Waals surface area (Å²) in [6.45, 7) is 4.69. The van der Waals surface area contributed by atoms with Crippen molar-refractivity contribution in [2.45, 2.75) is 33.2 Å². The first-order valence-electron chi connectivity index (χ1n) is 12.5. The van der Waals surface area contributed by atoms with Crippen molar-refractivity contribution < 1.29 is 24.3 Å². The van der Waals surface area contributed by atoms with Gasteiger partial charge in [0.15, 0.2) is 5.13 Å². The summed E-state index contributed by atoms with van der Waals surface area (Å²) in [4.78, 5) is 59.5. The van der Waals surface area contributed by atoms with Gasteiger partial charge in [-0.3, -0.25) is 24.6 Å². The fourth-order valence-corrected chi connectivity index (χ4v) is 5.89. The second-order valence-corrected chi connectivity index (χ2v) is 11.2. The third kappa shape index (κ3) is 6.48. The number of thiazole rings is 1. The molecule has 1 aromatic heterocycles. The van der Waals surface area contributed by atoms with Crippen LogP contribution in [0.15, 0.2) is 60.0 Å². The summed E-state index contributed by atoms with van der Waals surface area (Å²) in [7, 11) is 0. The van der Waals surface area contributed by atoms with Crippen LogP contribution in [0.25, 0.3) is 0 Å². The van der Waals surface area contributed by atoms with Gasteiger partial charge in [-0.05, 0) is 24.5 Å². The molecule has 206 valence electrons. The van der Waals surface area contributed by atoms with Crippen LogP contribution >= 0.6 is 22.9 Å². The van der Waals surface area contributed by atoms with E-state index in [-0.39, 0.29) is 37.9 Å². The molecule has 3 heterocycles. The number of rotatable bonds is 7. The molecule has 0 bridgehead atoms. The summed E-state index contributed by atoms with van der Waals surface area (Å²) in [6, 6.07) is 8.92. The molecule has 4 rings (SSSR count). The molecule has 4 amide bonds. The summed E-state index contributed by atoms with van der Waals surface area (Å²) < 4.78 is 0.438. The van der Waals surface area contributed by atoms with Crippen LogP contribution in [-0.2, 0) is 20.9 Å². The number of amides is 4. The van der Waals surface area contributed by atoms with Crippen LogP contribution in [0.3, 0.4) is 0 Å². The van der Waals surface area contributed by atoms with Gasteiger partial charge >= 0.3 is 12.0 Å². The van der Waals surface area contributed by atoms with Crippen LogP contribution in [0.2, 0.25) is 4.34 Å². The zero-order valence-electron chi connectivity index (χ0n) is 21.7. The molecule has 0 aliphatic carbocycles. The van der Waals surface area contributed by atoms with Crippen molar-refractivity contribution in [2.24, 2.45) is 5.41 Å². The Morgan fingerprint density at radius 1 is 1.23 bits per heavy atom. The monoisotopic (exact) mass is 571 g/mol. The second kappa shape index (κ2) is 12.0. The van der Waals surface area contributed by atoms with E-state index in [1.54, 1.807) is 22.8 Å². The minimum Gasteiger partial charge on any atom is -0.481 e. The Morgan fingerprint density at radius 3 is 2.56 bits per heavy atom. The van der Waals surface area contributed by atoms with Gasteiger partial charge in [0, 0.05) is 56.8 Å². The summed E-state index contributed by atoms with van der Waals surface area (Å²) in [5, 5.41) is 12.4. The molecule has 0 radical (unpaired) electrons. The molecule has 10 nitrogen and oxygen atoms in total. The molecule has 12 heteroatoms. The SMILES string of the molecule is C/C=C1\C(=C/C(=O)N(CCC(=O)O)Cc2ccccc2)C2(CCN(C(C)=O)C2)CN1C(=O)Nc1ncc(Cl)s1. The van der Waals surface area contributed by atoms with Gasteiger partial charge < -0.3 is 14.9 Å². The zero-order valence-corrected chi connectivity index (χ0v) is 23.3. The van der Waals surface area contributed by atoms with E-state index in [9.17, 15) is 24.3 Å². The molecule has 1 aromatic carbocycles. The van der Waals surface area contributed by atoms with Gasteiger partial charge in [-0.25, -0.2) is 9.78 Å². The number of benzene rings is 1. The number of aromatic nitrogens is 1. The molecule has 2 N–H and O–H groups in total. The van der Waals surface area contributed by atoms with Crippen LogP contribution in [0.5, 0.6) is 0 Å². The maximum Gasteiger partial charge on any atom is 0.328 e. The van der Waals surface area contributed by atoms with Crippen molar-refractivity contribution in [1.29, 1.82) is 0 Å². The number of hydrogen-bond acceptors (Lipinski definition) is 6. The molecule has 2 fully saturated rings. The van der Waals surface area contributed by atoms with E-state index in [0.29, 0.717) is 40.2 Å². The number of likely N-dealkylation sites (tertiary alicyclic amines) is 2. The number of nitrogens with zero attached hydrogens (tertiary/aromatic N) is 4. The standard InChI is InChI=1S/C27H30ClN5O5S/c1-3-21-20(13-23(35)31(11-9-24(36)37)15-19-7-5-4-6-8-19)27(10-12-32(16-27)18(2)34)17-33(21)26(38)30-25-29-14-22(28)39-25/h3-8,13-14H,9-12,15-17H2,1-2H3,(H,36,37)(H,29,30,38)/b20-13+,21-3+. The van der Waals surface area contributed by atoms with Gasteiger partial charge in [0.05, 0.1) is 12.6 Å². The summed E-state index contributed by atoms with van der Waals surface area (Å²) in [6.07, 6.45) is 5.11. The number of carboxylic acid groups (broad SMARTS) is 1. The lowest BCUT2D eigenvalue weighted by Crippen LogP contribution is -2.37. The summed E-state index contributed by atoms with van der Waals surface area (Å²) in [5.74, 6) is -1.44. The number of carbonyl (C=O) groups is 4.